The van der Waals surface area contributed by atoms with E-state index in [1.165, 1.54) is 186 Å². The van der Waals surface area contributed by atoms with Gasteiger partial charge in [0.05, 0.1) is 6.61 Å². The summed E-state index contributed by atoms with van der Waals surface area (Å²) in [7, 11) is 0. The largest absolute Gasteiger partial charge is 0.462 e. The zero-order valence-electron chi connectivity index (χ0n) is 41.6. The molecule has 0 rings (SSSR count). The molecule has 0 bridgehead atoms. The summed E-state index contributed by atoms with van der Waals surface area (Å²) in [6.45, 7) is 7.76. The average molecular weight is 869 g/mol. The highest BCUT2D eigenvalue weighted by atomic mass is 16.6. The number of rotatable bonds is 50. The van der Waals surface area contributed by atoms with Crippen LogP contribution in [0.4, 0.5) is 0 Å². The monoisotopic (exact) mass is 869 g/mol. The lowest BCUT2D eigenvalue weighted by molar-refractivity contribution is -0.163. The van der Waals surface area contributed by atoms with E-state index in [0.29, 0.717) is 19.4 Å². The van der Waals surface area contributed by atoms with Crippen molar-refractivity contribution in [1.82, 2.24) is 0 Å². The molecule has 1 unspecified atom stereocenters. The van der Waals surface area contributed by atoms with Gasteiger partial charge < -0.3 is 14.2 Å². The normalized spacial score (nSPS) is 12.5. The van der Waals surface area contributed by atoms with Crippen molar-refractivity contribution in [3.8, 4) is 0 Å². The molecule has 0 aliphatic carbocycles. The summed E-state index contributed by atoms with van der Waals surface area (Å²) in [5.41, 5.74) is 0. The third kappa shape index (κ3) is 50.5. The first-order chi connectivity index (χ1) is 30.6. The number of ether oxygens (including phenoxy) is 3. The molecular weight excluding hydrogens is 765 g/mol. The van der Waals surface area contributed by atoms with E-state index in [1.54, 1.807) is 0 Å². The van der Waals surface area contributed by atoms with E-state index in [2.05, 4.69) is 69.4 Å². The van der Waals surface area contributed by atoms with Crippen molar-refractivity contribution in [2.45, 2.75) is 284 Å². The lowest BCUT2D eigenvalue weighted by atomic mass is 10.1. The Hall–Kier alpha value is -2.14. The zero-order valence-corrected chi connectivity index (χ0v) is 41.6. The predicted molar refractivity (Wildman–Crippen MR) is 270 cm³/mol. The van der Waals surface area contributed by atoms with Crippen LogP contribution >= 0.6 is 0 Å². The van der Waals surface area contributed by atoms with Gasteiger partial charge in [-0.15, -0.1) is 0 Å². The molecule has 0 aromatic rings. The maximum absolute atomic E-state index is 12.8. The van der Waals surface area contributed by atoms with Crippen molar-refractivity contribution in [3.63, 3.8) is 0 Å². The number of esters is 2. The summed E-state index contributed by atoms with van der Waals surface area (Å²) in [5.74, 6) is -0.407. The van der Waals surface area contributed by atoms with Gasteiger partial charge in [-0.05, 0) is 96.3 Å². The topological polar surface area (TPSA) is 61.8 Å². The van der Waals surface area contributed by atoms with Crippen LogP contribution in [0.2, 0.25) is 0 Å². The lowest BCUT2D eigenvalue weighted by Crippen LogP contribution is -2.30. The molecule has 0 aromatic heterocycles. The molecule has 5 heteroatoms. The van der Waals surface area contributed by atoms with Gasteiger partial charge in [0.1, 0.15) is 6.61 Å². The summed E-state index contributed by atoms with van der Waals surface area (Å²) in [4.78, 5) is 25.4. The number of allylic oxidation sites excluding steroid dienone is 8. The van der Waals surface area contributed by atoms with Gasteiger partial charge in [0, 0.05) is 19.4 Å². The first kappa shape index (κ1) is 59.9. The molecule has 0 heterocycles. The molecular formula is C57H104O5. The molecule has 0 aliphatic rings. The van der Waals surface area contributed by atoms with Crippen LogP contribution in [0.1, 0.15) is 278 Å². The van der Waals surface area contributed by atoms with E-state index < -0.39 is 6.10 Å². The number of hydrogen-bond acceptors (Lipinski definition) is 5. The van der Waals surface area contributed by atoms with Crippen molar-refractivity contribution in [2.24, 2.45) is 0 Å². The second-order valence-corrected chi connectivity index (χ2v) is 18.1. The zero-order chi connectivity index (χ0) is 44.9. The third-order valence-electron chi connectivity index (χ3n) is 11.8. The minimum Gasteiger partial charge on any atom is -0.462 e. The summed E-state index contributed by atoms with van der Waals surface area (Å²) >= 11 is 0. The Kier molecular flexibility index (Phi) is 51.4. The van der Waals surface area contributed by atoms with Gasteiger partial charge in [-0.3, -0.25) is 9.59 Å². The van der Waals surface area contributed by atoms with Gasteiger partial charge in [0.2, 0.25) is 0 Å². The average Bonchev–Trinajstić information content (AvgIpc) is 3.27. The third-order valence-corrected chi connectivity index (χ3v) is 11.8. The molecule has 0 saturated heterocycles. The van der Waals surface area contributed by atoms with Crippen molar-refractivity contribution in [2.75, 3.05) is 19.8 Å². The standard InChI is InChI=1S/C57H104O5/c1-4-7-10-13-16-19-22-24-26-28-29-30-31-33-36-38-41-44-47-50-56(58)61-54-55(62-57(59)51-48-45-42-39-35-21-18-15-12-9-6-3)53-60-52-49-46-43-40-37-34-32-27-25-23-20-17-14-11-8-5-2/h15,17-18,20,24-27,55H,4-14,16,19,21-23,28-54H2,1-3H3/b18-15-,20-17-,26-24-,27-25-. The Balaban J connectivity index is 4.21. The van der Waals surface area contributed by atoms with E-state index >= 15 is 0 Å². The molecule has 0 amide bonds. The van der Waals surface area contributed by atoms with E-state index in [0.717, 1.165) is 57.8 Å². The highest BCUT2D eigenvalue weighted by Crippen LogP contribution is 2.15. The summed E-state index contributed by atoms with van der Waals surface area (Å²) in [6.07, 6.45) is 65.5. The van der Waals surface area contributed by atoms with Gasteiger partial charge in [-0.25, -0.2) is 0 Å². The minimum absolute atomic E-state index is 0.0783. The second kappa shape index (κ2) is 53.2. The molecule has 0 radical (unpaired) electrons. The Morgan fingerprint density at radius 1 is 0.355 bits per heavy atom. The van der Waals surface area contributed by atoms with Gasteiger partial charge in [0.25, 0.3) is 0 Å². The fraction of sp³-hybridized carbons (Fsp3) is 0.825. The fourth-order valence-electron chi connectivity index (χ4n) is 7.69. The molecule has 0 aromatic carbocycles. The number of carbonyl (C=O) groups is 2. The summed E-state index contributed by atoms with van der Waals surface area (Å²) in [6, 6.07) is 0. The Labute approximate surface area is 386 Å². The van der Waals surface area contributed by atoms with E-state index in [1.807, 2.05) is 0 Å². The Morgan fingerprint density at radius 2 is 0.694 bits per heavy atom. The van der Waals surface area contributed by atoms with Crippen molar-refractivity contribution < 1.29 is 23.8 Å². The van der Waals surface area contributed by atoms with E-state index in [9.17, 15) is 9.59 Å². The molecule has 0 fully saturated rings. The van der Waals surface area contributed by atoms with Crippen LogP contribution in [0.3, 0.4) is 0 Å². The predicted octanol–water partition coefficient (Wildman–Crippen LogP) is 18.3. The SMILES string of the molecule is CCCC/C=C\CCCCCCCC(=O)OC(COCCCCCCCC/C=C\C/C=C\CCCCC)COC(=O)CCCCCCCCCCC/C=C\CCCCCCCC. The van der Waals surface area contributed by atoms with Gasteiger partial charge in [-0.1, -0.05) is 217 Å². The van der Waals surface area contributed by atoms with Gasteiger partial charge in [0.15, 0.2) is 6.10 Å². The van der Waals surface area contributed by atoms with Crippen LogP contribution in [0, 0.1) is 0 Å². The molecule has 62 heavy (non-hydrogen) atoms. The second-order valence-electron chi connectivity index (χ2n) is 18.1. The van der Waals surface area contributed by atoms with Crippen LogP contribution in [-0.4, -0.2) is 37.9 Å². The number of hydrogen-bond donors (Lipinski definition) is 0. The maximum Gasteiger partial charge on any atom is 0.306 e. The number of unbranched alkanes of at least 4 members (excludes halogenated alkanes) is 31. The van der Waals surface area contributed by atoms with Crippen molar-refractivity contribution >= 4 is 11.9 Å². The molecule has 5 nitrogen and oxygen atoms in total. The van der Waals surface area contributed by atoms with Crippen LogP contribution in [0.5, 0.6) is 0 Å². The molecule has 0 spiro atoms. The fourth-order valence-corrected chi connectivity index (χ4v) is 7.69. The van der Waals surface area contributed by atoms with Gasteiger partial charge in [-0.2, -0.15) is 0 Å². The minimum atomic E-state index is -0.545. The quantitative estimate of drug-likeness (QED) is 0.0346. The Morgan fingerprint density at radius 3 is 1.16 bits per heavy atom. The van der Waals surface area contributed by atoms with Crippen LogP contribution < -0.4 is 0 Å². The smallest absolute Gasteiger partial charge is 0.306 e. The summed E-state index contributed by atoms with van der Waals surface area (Å²) in [5, 5.41) is 0. The van der Waals surface area contributed by atoms with E-state index in [4.69, 9.17) is 14.2 Å². The van der Waals surface area contributed by atoms with E-state index in [-0.39, 0.29) is 25.2 Å². The van der Waals surface area contributed by atoms with Crippen LogP contribution in [0.25, 0.3) is 0 Å². The lowest BCUT2D eigenvalue weighted by Gasteiger charge is -2.18. The van der Waals surface area contributed by atoms with Gasteiger partial charge >= 0.3 is 11.9 Å². The Bertz CT molecular complexity index is 1030. The van der Waals surface area contributed by atoms with Crippen LogP contribution in [-0.2, 0) is 23.8 Å². The molecule has 362 valence electrons. The first-order valence-electron chi connectivity index (χ1n) is 27.2. The molecule has 0 saturated carbocycles. The van der Waals surface area contributed by atoms with Crippen molar-refractivity contribution in [1.29, 1.82) is 0 Å². The molecule has 0 N–H and O–H groups in total. The highest BCUT2D eigenvalue weighted by molar-refractivity contribution is 5.70. The van der Waals surface area contributed by atoms with Crippen molar-refractivity contribution in [3.05, 3.63) is 48.6 Å². The highest BCUT2D eigenvalue weighted by Gasteiger charge is 2.17. The first-order valence-corrected chi connectivity index (χ1v) is 27.2. The number of carbonyl (C=O) groups excluding carboxylic acids is 2. The van der Waals surface area contributed by atoms with Crippen LogP contribution in [0.15, 0.2) is 48.6 Å². The molecule has 1 atom stereocenters. The molecule has 0 aliphatic heterocycles. The maximum atomic E-state index is 12.8. The summed E-state index contributed by atoms with van der Waals surface area (Å²) < 4.78 is 17.4.